The molecular formula is C13H19NO3. The zero-order valence-electron chi connectivity index (χ0n) is 10.5. The van der Waals surface area contributed by atoms with Crippen LogP contribution < -0.4 is 10.1 Å². The van der Waals surface area contributed by atoms with Crippen LogP contribution in [0.5, 0.6) is 5.75 Å². The Labute approximate surface area is 102 Å². The summed E-state index contributed by atoms with van der Waals surface area (Å²) in [6, 6.07) is 7.83. The van der Waals surface area contributed by atoms with Gasteiger partial charge in [0, 0.05) is 25.6 Å². The topological polar surface area (TPSA) is 47.6 Å². The van der Waals surface area contributed by atoms with E-state index in [9.17, 15) is 4.79 Å². The average molecular weight is 237 g/mol. The summed E-state index contributed by atoms with van der Waals surface area (Å²) < 4.78 is 10.3. The van der Waals surface area contributed by atoms with Crippen LogP contribution in [0.3, 0.4) is 0 Å². The molecule has 1 unspecified atom stereocenters. The number of carbonyl (C=O) groups excluding carboxylic acids is 1. The Bertz CT molecular complexity index is 365. The van der Waals surface area contributed by atoms with E-state index in [0.29, 0.717) is 13.1 Å². The maximum Gasteiger partial charge on any atom is 0.302 e. The molecule has 0 saturated heterocycles. The molecule has 4 nitrogen and oxygen atoms in total. The number of nitrogens with one attached hydrogen (secondary N) is 1. The van der Waals surface area contributed by atoms with E-state index in [1.165, 1.54) is 6.92 Å². The number of benzene rings is 1. The molecule has 4 heteroatoms. The molecule has 0 radical (unpaired) electrons. The van der Waals surface area contributed by atoms with Crippen LogP contribution in [-0.4, -0.2) is 25.7 Å². The minimum absolute atomic E-state index is 0.123. The lowest BCUT2D eigenvalue weighted by molar-refractivity contribution is -0.145. The highest BCUT2D eigenvalue weighted by Crippen LogP contribution is 2.16. The molecule has 0 aromatic heterocycles. The summed E-state index contributed by atoms with van der Waals surface area (Å²) in [5.74, 6) is 0.608. The Morgan fingerprint density at radius 2 is 2.12 bits per heavy atom. The van der Waals surface area contributed by atoms with Crippen molar-refractivity contribution in [2.45, 2.75) is 26.5 Å². The van der Waals surface area contributed by atoms with Gasteiger partial charge in [0.25, 0.3) is 0 Å². The molecule has 0 heterocycles. The molecule has 1 atom stereocenters. The molecule has 0 fully saturated rings. The zero-order chi connectivity index (χ0) is 12.7. The lowest BCUT2D eigenvalue weighted by atomic mass is 10.2. The summed E-state index contributed by atoms with van der Waals surface area (Å²) in [5, 5.41) is 3.22. The molecular weight excluding hydrogens is 218 g/mol. The largest absolute Gasteiger partial charge is 0.496 e. The smallest absolute Gasteiger partial charge is 0.302 e. The monoisotopic (exact) mass is 237 g/mol. The molecule has 0 spiro atoms. The maximum absolute atomic E-state index is 10.7. The molecule has 94 valence electrons. The molecule has 0 saturated carbocycles. The van der Waals surface area contributed by atoms with Gasteiger partial charge in [0.15, 0.2) is 0 Å². The number of esters is 1. The van der Waals surface area contributed by atoms with Crippen molar-refractivity contribution in [3.63, 3.8) is 0 Å². The van der Waals surface area contributed by atoms with Crippen molar-refractivity contribution in [3.05, 3.63) is 29.8 Å². The first-order chi connectivity index (χ1) is 8.13. The first-order valence-electron chi connectivity index (χ1n) is 5.63. The Morgan fingerprint density at radius 1 is 1.41 bits per heavy atom. The van der Waals surface area contributed by atoms with Gasteiger partial charge in [0.05, 0.1) is 7.11 Å². The average Bonchev–Trinajstić information content (AvgIpc) is 2.28. The minimum atomic E-state index is -0.253. The fourth-order valence-corrected chi connectivity index (χ4v) is 1.58. The zero-order valence-corrected chi connectivity index (χ0v) is 10.5. The lowest BCUT2D eigenvalue weighted by Crippen LogP contribution is -2.27. The molecule has 0 aliphatic heterocycles. The third kappa shape index (κ3) is 4.87. The number of methoxy groups -OCH3 is 1. The van der Waals surface area contributed by atoms with Crippen molar-refractivity contribution in [1.29, 1.82) is 0 Å². The quantitative estimate of drug-likeness (QED) is 0.765. The van der Waals surface area contributed by atoms with Crippen LogP contribution in [0.2, 0.25) is 0 Å². The van der Waals surface area contributed by atoms with E-state index < -0.39 is 0 Å². The van der Waals surface area contributed by atoms with Crippen molar-refractivity contribution < 1.29 is 14.3 Å². The van der Waals surface area contributed by atoms with E-state index in [4.69, 9.17) is 9.47 Å². The van der Waals surface area contributed by atoms with Crippen LogP contribution in [0, 0.1) is 0 Å². The first kappa shape index (κ1) is 13.5. The van der Waals surface area contributed by atoms with E-state index in [1.807, 2.05) is 31.2 Å². The van der Waals surface area contributed by atoms with Crippen LogP contribution in [-0.2, 0) is 16.1 Å². The van der Waals surface area contributed by atoms with E-state index in [1.54, 1.807) is 7.11 Å². The molecule has 17 heavy (non-hydrogen) atoms. The fourth-order valence-electron chi connectivity index (χ4n) is 1.58. The maximum atomic E-state index is 10.7. The summed E-state index contributed by atoms with van der Waals surface area (Å²) >= 11 is 0. The standard InChI is InChI=1S/C13H19NO3/c1-10(17-11(2)15)8-14-9-12-6-4-5-7-13(12)16-3/h4-7,10,14H,8-9H2,1-3H3. The van der Waals surface area contributed by atoms with Crippen LogP contribution in [0.15, 0.2) is 24.3 Å². The summed E-state index contributed by atoms with van der Waals surface area (Å²) in [4.78, 5) is 10.7. The van der Waals surface area contributed by atoms with Gasteiger partial charge in [-0.1, -0.05) is 18.2 Å². The van der Waals surface area contributed by atoms with Gasteiger partial charge in [0.1, 0.15) is 11.9 Å². The lowest BCUT2D eigenvalue weighted by Gasteiger charge is -2.14. The van der Waals surface area contributed by atoms with Crippen LogP contribution in [0.1, 0.15) is 19.4 Å². The van der Waals surface area contributed by atoms with E-state index in [2.05, 4.69) is 5.32 Å². The minimum Gasteiger partial charge on any atom is -0.496 e. The highest BCUT2D eigenvalue weighted by Gasteiger charge is 2.05. The van der Waals surface area contributed by atoms with Crippen LogP contribution >= 0.6 is 0 Å². The number of ether oxygens (including phenoxy) is 2. The Morgan fingerprint density at radius 3 is 2.76 bits per heavy atom. The van der Waals surface area contributed by atoms with Crippen molar-refractivity contribution >= 4 is 5.97 Å². The third-order valence-electron chi connectivity index (χ3n) is 2.31. The second kappa shape index (κ2) is 6.91. The SMILES string of the molecule is COc1ccccc1CNCC(C)OC(C)=O. The van der Waals surface area contributed by atoms with Crippen molar-refractivity contribution in [3.8, 4) is 5.75 Å². The summed E-state index contributed by atoms with van der Waals surface area (Å²) in [7, 11) is 1.65. The molecule has 0 amide bonds. The molecule has 1 aromatic rings. The number of para-hydroxylation sites is 1. The van der Waals surface area contributed by atoms with Gasteiger partial charge in [-0.2, -0.15) is 0 Å². The van der Waals surface area contributed by atoms with Crippen LogP contribution in [0.4, 0.5) is 0 Å². The number of hydrogen-bond acceptors (Lipinski definition) is 4. The fraction of sp³-hybridized carbons (Fsp3) is 0.462. The van der Waals surface area contributed by atoms with Crippen molar-refractivity contribution in [2.24, 2.45) is 0 Å². The van der Waals surface area contributed by atoms with Gasteiger partial charge < -0.3 is 14.8 Å². The van der Waals surface area contributed by atoms with Gasteiger partial charge in [-0.3, -0.25) is 4.79 Å². The van der Waals surface area contributed by atoms with Crippen molar-refractivity contribution in [1.82, 2.24) is 5.32 Å². The Hall–Kier alpha value is -1.55. The molecule has 1 rings (SSSR count). The van der Waals surface area contributed by atoms with E-state index >= 15 is 0 Å². The molecule has 1 aromatic carbocycles. The highest BCUT2D eigenvalue weighted by molar-refractivity contribution is 5.66. The van der Waals surface area contributed by atoms with Gasteiger partial charge in [-0.05, 0) is 13.0 Å². The third-order valence-corrected chi connectivity index (χ3v) is 2.31. The molecule has 0 aliphatic rings. The van der Waals surface area contributed by atoms with Gasteiger partial charge >= 0.3 is 5.97 Å². The summed E-state index contributed by atoms with van der Waals surface area (Å²) in [6.07, 6.45) is -0.123. The van der Waals surface area contributed by atoms with Gasteiger partial charge in [-0.15, -0.1) is 0 Å². The normalized spacial score (nSPS) is 11.9. The Balaban J connectivity index is 2.37. The first-order valence-corrected chi connectivity index (χ1v) is 5.63. The molecule has 0 bridgehead atoms. The highest BCUT2D eigenvalue weighted by atomic mass is 16.5. The summed E-state index contributed by atoms with van der Waals surface area (Å²) in [6.45, 7) is 4.58. The second-order valence-corrected chi connectivity index (χ2v) is 3.86. The predicted octanol–water partition coefficient (Wildman–Crippen LogP) is 1.74. The Kier molecular flexibility index (Phi) is 5.49. The van der Waals surface area contributed by atoms with Gasteiger partial charge in [0.2, 0.25) is 0 Å². The second-order valence-electron chi connectivity index (χ2n) is 3.86. The van der Waals surface area contributed by atoms with Crippen LogP contribution in [0.25, 0.3) is 0 Å². The van der Waals surface area contributed by atoms with E-state index in [0.717, 1.165) is 11.3 Å². The van der Waals surface area contributed by atoms with E-state index in [-0.39, 0.29) is 12.1 Å². The predicted molar refractivity (Wildman–Crippen MR) is 65.9 cm³/mol. The number of rotatable bonds is 6. The molecule has 1 N–H and O–H groups in total. The number of carbonyl (C=O) groups is 1. The summed E-state index contributed by atoms with van der Waals surface area (Å²) in [5.41, 5.74) is 1.09. The van der Waals surface area contributed by atoms with Gasteiger partial charge in [-0.25, -0.2) is 0 Å². The van der Waals surface area contributed by atoms with Crippen molar-refractivity contribution in [2.75, 3.05) is 13.7 Å². The number of hydrogen-bond donors (Lipinski definition) is 1. The molecule has 0 aliphatic carbocycles.